The Morgan fingerprint density at radius 1 is 0.522 bits per heavy atom. The maximum absolute atomic E-state index is 12.0. The minimum absolute atomic E-state index is 0.256. The first-order valence-electron chi connectivity index (χ1n) is 8.02. The summed E-state index contributed by atoms with van der Waals surface area (Å²) < 4.78 is 54.5. The van der Waals surface area contributed by atoms with E-state index in [0.717, 1.165) is 6.42 Å². The number of phosphoric acid groups is 2. The molecule has 140 valence electrons. The molecule has 0 rings (SSSR count). The molecule has 0 heterocycles. The molecule has 0 aromatic carbocycles. The molecule has 0 saturated carbocycles. The maximum Gasteiger partial charge on any atom is 0.474 e. The Balaban J connectivity index is 3.87. The standard InChI is InChI=1S/C13H30O8P2/c1-5-16-22(14,17-6-2)20-12-10-9-11-13-21-23(15,18-7-3)19-8-4/h5-13H2,1-4H3. The fraction of sp³-hybridized carbons (Fsp3) is 1.00. The average molecular weight is 376 g/mol. The Hall–Kier alpha value is 0.220. The van der Waals surface area contributed by atoms with Crippen molar-refractivity contribution in [2.75, 3.05) is 39.6 Å². The van der Waals surface area contributed by atoms with Gasteiger partial charge >= 0.3 is 15.6 Å². The van der Waals surface area contributed by atoms with Gasteiger partial charge in [0.2, 0.25) is 0 Å². The van der Waals surface area contributed by atoms with E-state index in [2.05, 4.69) is 0 Å². The van der Waals surface area contributed by atoms with Gasteiger partial charge in [0.15, 0.2) is 0 Å². The van der Waals surface area contributed by atoms with Crippen LogP contribution in [0.5, 0.6) is 0 Å². The fourth-order valence-corrected chi connectivity index (χ4v) is 4.01. The van der Waals surface area contributed by atoms with Gasteiger partial charge in [-0.05, 0) is 47.0 Å². The molecule has 0 spiro atoms. The molecule has 23 heavy (non-hydrogen) atoms. The van der Waals surface area contributed by atoms with Gasteiger partial charge in [0.05, 0.1) is 39.6 Å². The molecule has 0 aliphatic heterocycles. The van der Waals surface area contributed by atoms with Crippen LogP contribution in [0.2, 0.25) is 0 Å². The first-order valence-corrected chi connectivity index (χ1v) is 10.9. The summed E-state index contributed by atoms with van der Waals surface area (Å²) in [5, 5.41) is 0. The summed E-state index contributed by atoms with van der Waals surface area (Å²) in [6.07, 6.45) is 2.05. The summed E-state index contributed by atoms with van der Waals surface area (Å²) in [4.78, 5) is 0. The van der Waals surface area contributed by atoms with Gasteiger partial charge in [-0.25, -0.2) is 9.13 Å². The highest BCUT2D eigenvalue weighted by Crippen LogP contribution is 2.50. The topological polar surface area (TPSA) is 89.5 Å². The third-order valence-electron chi connectivity index (χ3n) is 2.44. The van der Waals surface area contributed by atoms with Crippen molar-refractivity contribution in [2.24, 2.45) is 0 Å². The highest BCUT2D eigenvalue weighted by molar-refractivity contribution is 7.48. The van der Waals surface area contributed by atoms with Crippen LogP contribution >= 0.6 is 15.6 Å². The summed E-state index contributed by atoms with van der Waals surface area (Å²) >= 11 is 0. The van der Waals surface area contributed by atoms with Crippen molar-refractivity contribution in [3.05, 3.63) is 0 Å². The van der Waals surface area contributed by atoms with E-state index in [0.29, 0.717) is 12.8 Å². The number of phosphoric ester groups is 2. The molecule has 0 atom stereocenters. The first kappa shape index (κ1) is 23.2. The van der Waals surface area contributed by atoms with Crippen molar-refractivity contribution in [1.82, 2.24) is 0 Å². The van der Waals surface area contributed by atoms with E-state index < -0.39 is 15.6 Å². The number of unbranched alkanes of at least 4 members (excludes halogenated alkanes) is 2. The van der Waals surface area contributed by atoms with Crippen molar-refractivity contribution >= 4 is 15.6 Å². The molecule has 8 nitrogen and oxygen atoms in total. The molecule has 0 amide bonds. The van der Waals surface area contributed by atoms with Gasteiger partial charge in [-0.15, -0.1) is 0 Å². The largest absolute Gasteiger partial charge is 0.474 e. The van der Waals surface area contributed by atoms with Gasteiger partial charge in [-0.3, -0.25) is 27.1 Å². The first-order chi connectivity index (χ1) is 10.9. The van der Waals surface area contributed by atoms with Gasteiger partial charge in [-0.2, -0.15) is 0 Å². The number of hydrogen-bond donors (Lipinski definition) is 0. The highest BCUT2D eigenvalue weighted by Gasteiger charge is 2.25. The van der Waals surface area contributed by atoms with Gasteiger partial charge in [0, 0.05) is 0 Å². The third kappa shape index (κ3) is 11.4. The molecule has 0 radical (unpaired) electrons. The van der Waals surface area contributed by atoms with E-state index in [-0.39, 0.29) is 39.6 Å². The van der Waals surface area contributed by atoms with E-state index >= 15 is 0 Å². The lowest BCUT2D eigenvalue weighted by Crippen LogP contribution is -2.03. The molecule has 0 aliphatic rings. The Kier molecular flexibility index (Phi) is 13.6. The van der Waals surface area contributed by atoms with Crippen molar-refractivity contribution in [1.29, 1.82) is 0 Å². The van der Waals surface area contributed by atoms with Crippen LogP contribution in [0.4, 0.5) is 0 Å². The van der Waals surface area contributed by atoms with Crippen LogP contribution in [0, 0.1) is 0 Å². The monoisotopic (exact) mass is 376 g/mol. The molecule has 0 fully saturated rings. The Morgan fingerprint density at radius 2 is 0.826 bits per heavy atom. The zero-order chi connectivity index (χ0) is 17.6. The quantitative estimate of drug-likeness (QED) is 0.286. The second kappa shape index (κ2) is 13.5. The van der Waals surface area contributed by atoms with Gasteiger partial charge < -0.3 is 0 Å². The molecular weight excluding hydrogens is 346 g/mol. The molecule has 0 aromatic heterocycles. The summed E-state index contributed by atoms with van der Waals surface area (Å²) in [6, 6.07) is 0. The van der Waals surface area contributed by atoms with Crippen LogP contribution in [0.15, 0.2) is 0 Å². The van der Waals surface area contributed by atoms with Gasteiger partial charge in [0.25, 0.3) is 0 Å². The van der Waals surface area contributed by atoms with Gasteiger partial charge in [-0.1, -0.05) is 0 Å². The summed E-state index contributed by atoms with van der Waals surface area (Å²) in [6.45, 7) is 8.44. The van der Waals surface area contributed by atoms with Crippen LogP contribution in [0.1, 0.15) is 47.0 Å². The predicted octanol–water partition coefficient (Wildman–Crippen LogP) is 4.55. The summed E-state index contributed by atoms with van der Waals surface area (Å²) in [5.74, 6) is 0. The van der Waals surface area contributed by atoms with E-state index in [1.807, 2.05) is 0 Å². The minimum atomic E-state index is -3.44. The molecule has 0 aromatic rings. The molecule has 0 saturated heterocycles. The Labute approximate surface area is 139 Å². The predicted molar refractivity (Wildman–Crippen MR) is 87.5 cm³/mol. The smallest absolute Gasteiger partial charge is 0.287 e. The number of rotatable bonds is 16. The van der Waals surface area contributed by atoms with Crippen molar-refractivity contribution in [3.8, 4) is 0 Å². The second-order valence-electron chi connectivity index (χ2n) is 4.29. The van der Waals surface area contributed by atoms with E-state index in [4.69, 9.17) is 27.1 Å². The zero-order valence-electron chi connectivity index (χ0n) is 14.5. The lowest BCUT2D eigenvalue weighted by atomic mass is 10.2. The normalized spacial score (nSPS) is 12.7. The summed E-state index contributed by atoms with van der Waals surface area (Å²) in [7, 11) is -6.87. The zero-order valence-corrected chi connectivity index (χ0v) is 16.3. The maximum atomic E-state index is 12.0. The Bertz CT molecular complexity index is 323. The second-order valence-corrected chi connectivity index (χ2v) is 7.63. The fourth-order valence-electron chi connectivity index (χ4n) is 1.59. The van der Waals surface area contributed by atoms with E-state index in [1.165, 1.54) is 0 Å². The van der Waals surface area contributed by atoms with Crippen LogP contribution < -0.4 is 0 Å². The molecule has 0 unspecified atom stereocenters. The number of hydrogen-bond acceptors (Lipinski definition) is 8. The molecule has 10 heteroatoms. The summed E-state index contributed by atoms with van der Waals surface area (Å²) in [5.41, 5.74) is 0. The minimum Gasteiger partial charge on any atom is -0.287 e. The van der Waals surface area contributed by atoms with Crippen molar-refractivity contribution in [2.45, 2.75) is 47.0 Å². The van der Waals surface area contributed by atoms with Crippen molar-refractivity contribution in [3.63, 3.8) is 0 Å². The lowest BCUT2D eigenvalue weighted by Gasteiger charge is -2.17. The molecule has 0 bridgehead atoms. The molecule has 0 aliphatic carbocycles. The van der Waals surface area contributed by atoms with Crippen LogP contribution in [-0.4, -0.2) is 39.6 Å². The third-order valence-corrected chi connectivity index (χ3v) is 5.73. The van der Waals surface area contributed by atoms with E-state index in [9.17, 15) is 9.13 Å². The Morgan fingerprint density at radius 3 is 1.09 bits per heavy atom. The van der Waals surface area contributed by atoms with Crippen molar-refractivity contribution < 1.29 is 36.3 Å². The molecular formula is C13H30O8P2. The highest BCUT2D eigenvalue weighted by atomic mass is 31.2. The van der Waals surface area contributed by atoms with Crippen LogP contribution in [0.3, 0.4) is 0 Å². The van der Waals surface area contributed by atoms with E-state index in [1.54, 1.807) is 27.7 Å². The lowest BCUT2D eigenvalue weighted by molar-refractivity contribution is 0.115. The van der Waals surface area contributed by atoms with Crippen LogP contribution in [-0.2, 0) is 36.3 Å². The average Bonchev–Trinajstić information content (AvgIpc) is 2.47. The van der Waals surface area contributed by atoms with Gasteiger partial charge in [0.1, 0.15) is 0 Å². The molecule has 0 N–H and O–H groups in total. The van der Waals surface area contributed by atoms with Crippen LogP contribution in [0.25, 0.3) is 0 Å². The SMILES string of the molecule is CCOP(=O)(OCC)OCCCCCOP(=O)(OCC)OCC.